The van der Waals surface area contributed by atoms with Crippen molar-refractivity contribution in [3.8, 4) is 0 Å². The SMILES string of the molecule is Nc1nc(C(=NOC(c2ccccc2)(c2ccccc2)c2ccccc2)C(=O)NC2C(=O)N3CC(SCC4COCO4)(C(=O)O)CS[C@H]23)cs1. The molecular formula is C35H33N5O7S3. The van der Waals surface area contributed by atoms with Gasteiger partial charge in [-0.1, -0.05) is 96.2 Å². The van der Waals surface area contributed by atoms with Crippen molar-refractivity contribution < 1.29 is 33.8 Å². The van der Waals surface area contributed by atoms with Gasteiger partial charge in [-0.15, -0.1) is 34.9 Å². The van der Waals surface area contributed by atoms with Gasteiger partial charge in [0.2, 0.25) is 11.5 Å². The van der Waals surface area contributed by atoms with Crippen LogP contribution in [0.1, 0.15) is 22.4 Å². The molecule has 4 heterocycles. The van der Waals surface area contributed by atoms with E-state index < -0.39 is 33.6 Å². The normalized spacial score (nSPS) is 23.5. The van der Waals surface area contributed by atoms with E-state index in [4.69, 9.17) is 20.0 Å². The third-order valence-corrected chi connectivity index (χ3v) is 12.7. The van der Waals surface area contributed by atoms with E-state index in [0.717, 1.165) is 28.0 Å². The summed E-state index contributed by atoms with van der Waals surface area (Å²) in [5.74, 6) is -1.40. The molecule has 3 saturated heterocycles. The summed E-state index contributed by atoms with van der Waals surface area (Å²) in [5, 5.41) is 18.9. The molecule has 15 heteroatoms. The largest absolute Gasteiger partial charge is 0.480 e. The number of rotatable bonds is 12. The molecule has 4 N–H and O–H groups in total. The van der Waals surface area contributed by atoms with E-state index in [9.17, 15) is 19.5 Å². The van der Waals surface area contributed by atoms with Crippen molar-refractivity contribution in [3.63, 3.8) is 0 Å². The first-order valence-electron chi connectivity index (χ1n) is 15.7. The number of fused-ring (bicyclic) bond motifs is 1. The topological polar surface area (TPSA) is 166 Å². The summed E-state index contributed by atoms with van der Waals surface area (Å²) in [6, 6.07) is 27.8. The van der Waals surface area contributed by atoms with Crippen LogP contribution in [0, 0.1) is 0 Å². The van der Waals surface area contributed by atoms with Gasteiger partial charge < -0.3 is 35.4 Å². The summed E-state index contributed by atoms with van der Waals surface area (Å²) < 4.78 is 9.51. The van der Waals surface area contributed by atoms with Crippen molar-refractivity contribution in [2.45, 2.75) is 27.9 Å². The number of nitrogens with zero attached hydrogens (tertiary/aromatic N) is 3. The number of nitrogen functional groups attached to an aromatic ring is 1. The zero-order chi connectivity index (χ0) is 34.7. The molecule has 0 bridgehead atoms. The highest BCUT2D eigenvalue weighted by Crippen LogP contribution is 2.45. The molecule has 258 valence electrons. The molecule has 4 aromatic rings. The minimum atomic E-state index is -1.27. The van der Waals surface area contributed by atoms with Gasteiger partial charge in [0, 0.05) is 40.1 Å². The summed E-state index contributed by atoms with van der Waals surface area (Å²) in [5.41, 5.74) is 7.06. The zero-order valence-corrected chi connectivity index (χ0v) is 29.0. The van der Waals surface area contributed by atoms with E-state index in [1.807, 2.05) is 91.0 Å². The quantitative estimate of drug-likeness (QED) is 0.0841. The highest BCUT2D eigenvalue weighted by atomic mass is 32.2. The molecule has 0 spiro atoms. The Morgan fingerprint density at radius 1 is 1.06 bits per heavy atom. The smallest absolute Gasteiger partial charge is 0.322 e. The minimum Gasteiger partial charge on any atom is -0.480 e. The first-order chi connectivity index (χ1) is 24.3. The summed E-state index contributed by atoms with van der Waals surface area (Å²) in [6.07, 6.45) is -0.206. The number of aromatic nitrogens is 1. The van der Waals surface area contributed by atoms with Gasteiger partial charge in [-0.3, -0.25) is 14.4 Å². The number of β-lactam (4-membered cyclic amide) rings is 1. The number of oxime groups is 1. The molecule has 4 atom stereocenters. The number of carboxylic acids is 1. The molecule has 2 amide bonds. The van der Waals surface area contributed by atoms with Crippen molar-refractivity contribution in [2.75, 3.05) is 37.2 Å². The van der Waals surface area contributed by atoms with Gasteiger partial charge in [0.15, 0.2) is 10.8 Å². The zero-order valence-electron chi connectivity index (χ0n) is 26.5. The van der Waals surface area contributed by atoms with Crippen molar-refractivity contribution in [3.05, 3.63) is 119 Å². The molecule has 3 fully saturated rings. The Morgan fingerprint density at radius 2 is 1.68 bits per heavy atom. The lowest BCUT2D eigenvalue weighted by molar-refractivity contribution is -0.151. The fourth-order valence-electron chi connectivity index (χ4n) is 6.15. The molecule has 12 nitrogen and oxygen atoms in total. The van der Waals surface area contributed by atoms with E-state index in [1.54, 1.807) is 5.38 Å². The number of carbonyl (C=O) groups excluding carboxylic acids is 2. The van der Waals surface area contributed by atoms with Crippen molar-refractivity contribution in [1.82, 2.24) is 15.2 Å². The molecule has 0 radical (unpaired) electrons. The van der Waals surface area contributed by atoms with E-state index >= 15 is 0 Å². The van der Waals surface area contributed by atoms with Crippen molar-refractivity contribution >= 4 is 63.5 Å². The second-order valence-electron chi connectivity index (χ2n) is 11.9. The maximum Gasteiger partial charge on any atom is 0.322 e. The van der Waals surface area contributed by atoms with Crippen LogP contribution >= 0.6 is 34.9 Å². The van der Waals surface area contributed by atoms with Gasteiger partial charge in [-0.25, -0.2) is 4.98 Å². The van der Waals surface area contributed by atoms with Crippen LogP contribution in [0.4, 0.5) is 5.13 Å². The third kappa shape index (κ3) is 6.47. The molecule has 1 aromatic heterocycles. The van der Waals surface area contributed by atoms with Crippen LogP contribution in [0.5, 0.6) is 0 Å². The number of thioether (sulfide) groups is 2. The molecule has 7 rings (SSSR count). The summed E-state index contributed by atoms with van der Waals surface area (Å²) in [6.45, 7) is 0.587. The van der Waals surface area contributed by atoms with Crippen LogP contribution in [0.2, 0.25) is 0 Å². The molecule has 0 saturated carbocycles. The Bertz CT molecular complexity index is 1780. The van der Waals surface area contributed by atoms with Crippen LogP contribution in [0.25, 0.3) is 0 Å². The van der Waals surface area contributed by atoms with E-state index in [2.05, 4.69) is 15.5 Å². The van der Waals surface area contributed by atoms with Crippen LogP contribution in [-0.4, -0.2) is 92.2 Å². The lowest BCUT2D eigenvalue weighted by Gasteiger charge is -2.53. The van der Waals surface area contributed by atoms with Crippen LogP contribution in [0.15, 0.2) is 102 Å². The number of anilines is 1. The molecule has 50 heavy (non-hydrogen) atoms. The van der Waals surface area contributed by atoms with Crippen LogP contribution in [-0.2, 0) is 34.3 Å². The molecule has 3 unspecified atom stereocenters. The molecule has 3 aliphatic rings. The summed E-state index contributed by atoms with van der Waals surface area (Å²) in [4.78, 5) is 52.5. The van der Waals surface area contributed by atoms with Crippen molar-refractivity contribution in [1.29, 1.82) is 0 Å². The molecule has 0 aliphatic carbocycles. The summed E-state index contributed by atoms with van der Waals surface area (Å²) >= 11 is 3.71. The lowest BCUT2D eigenvalue weighted by atomic mass is 9.80. The maximum atomic E-state index is 14.1. The Balaban J connectivity index is 1.17. The molecular weight excluding hydrogens is 699 g/mol. The fraction of sp³-hybridized carbons (Fsp3) is 0.286. The highest BCUT2D eigenvalue weighted by molar-refractivity contribution is 8.05. The van der Waals surface area contributed by atoms with E-state index in [0.29, 0.717) is 12.4 Å². The number of benzene rings is 3. The number of aliphatic carboxylic acids is 1. The molecule has 3 aromatic carbocycles. The monoisotopic (exact) mass is 731 g/mol. The number of ether oxygens (including phenoxy) is 2. The third-order valence-electron chi connectivity index (χ3n) is 8.76. The number of carbonyl (C=O) groups is 3. The number of thiazole rings is 1. The Hall–Kier alpha value is -4.41. The number of carboxylic acid groups (broad SMARTS) is 1. The number of hydrogen-bond donors (Lipinski definition) is 3. The van der Waals surface area contributed by atoms with Gasteiger partial charge in [0.1, 0.15) is 28.6 Å². The van der Waals surface area contributed by atoms with Crippen LogP contribution in [0.3, 0.4) is 0 Å². The van der Waals surface area contributed by atoms with E-state index in [-0.39, 0.29) is 47.6 Å². The highest BCUT2D eigenvalue weighted by Gasteiger charge is 2.58. The van der Waals surface area contributed by atoms with Gasteiger partial charge >= 0.3 is 5.97 Å². The number of nitrogens with two attached hydrogens (primary N) is 1. The van der Waals surface area contributed by atoms with Gasteiger partial charge in [0.25, 0.3) is 5.91 Å². The number of hydrogen-bond acceptors (Lipinski definition) is 12. The second-order valence-corrected chi connectivity index (χ2v) is 15.3. The first kappa shape index (κ1) is 34.1. The molecule has 3 aliphatic heterocycles. The fourth-order valence-corrected chi connectivity index (χ4v) is 9.68. The number of nitrogens with one attached hydrogen (secondary N) is 1. The van der Waals surface area contributed by atoms with Crippen LogP contribution < -0.4 is 11.1 Å². The Kier molecular flexibility index (Phi) is 9.84. The Labute approximate surface area is 300 Å². The van der Waals surface area contributed by atoms with Crippen molar-refractivity contribution in [2.24, 2.45) is 5.16 Å². The predicted octanol–water partition coefficient (Wildman–Crippen LogP) is 3.77. The predicted molar refractivity (Wildman–Crippen MR) is 192 cm³/mol. The lowest BCUT2D eigenvalue weighted by Crippen LogP contribution is -2.75. The van der Waals surface area contributed by atoms with Gasteiger partial charge in [-0.2, -0.15) is 0 Å². The second kappa shape index (κ2) is 14.4. The average molecular weight is 732 g/mol. The van der Waals surface area contributed by atoms with Gasteiger partial charge in [0.05, 0.1) is 12.7 Å². The minimum absolute atomic E-state index is 0.00384. The summed E-state index contributed by atoms with van der Waals surface area (Å²) in [7, 11) is 0. The first-order valence-corrected chi connectivity index (χ1v) is 18.7. The number of amides is 2. The maximum absolute atomic E-state index is 14.1. The average Bonchev–Trinajstić information content (AvgIpc) is 3.84. The van der Waals surface area contributed by atoms with Gasteiger partial charge in [-0.05, 0) is 0 Å². The Morgan fingerprint density at radius 3 is 2.20 bits per heavy atom. The van der Waals surface area contributed by atoms with E-state index in [1.165, 1.54) is 28.4 Å². The standard InChI is InChI=1S/C35H33N5O7S3/c36-33-37-26(18-48-33)27(39-47-35(22-10-4-1-5-11-22,23-12-6-2-7-13-23)24-14-8-3-9-15-24)29(41)38-28-30(42)40-19-34(32(43)44,20-49-31(28)40)50-17-25-16-45-21-46-25/h1-15,18,25,28,31H,16-17,19-21H2,(H2,36,37)(H,38,41)(H,43,44)/t25?,28?,31-,34?/m1/s1.